The van der Waals surface area contributed by atoms with Gasteiger partial charge in [0.2, 0.25) is 5.91 Å². The van der Waals surface area contributed by atoms with Crippen molar-refractivity contribution in [2.24, 2.45) is 0 Å². The summed E-state index contributed by atoms with van der Waals surface area (Å²) in [5.74, 6) is 0.519. The molecule has 2 amide bonds. The van der Waals surface area contributed by atoms with Crippen molar-refractivity contribution in [3.63, 3.8) is 0 Å². The van der Waals surface area contributed by atoms with E-state index >= 15 is 0 Å². The third-order valence-corrected chi connectivity index (χ3v) is 4.34. The van der Waals surface area contributed by atoms with Gasteiger partial charge in [0.1, 0.15) is 6.54 Å². The Morgan fingerprint density at radius 2 is 2.19 bits per heavy atom. The number of pyridine rings is 1. The molecule has 0 spiro atoms. The number of amides is 2. The van der Waals surface area contributed by atoms with Crippen molar-refractivity contribution in [1.82, 2.24) is 19.7 Å². The van der Waals surface area contributed by atoms with Gasteiger partial charge in [-0.1, -0.05) is 0 Å². The lowest BCUT2D eigenvalue weighted by atomic mass is 10.3. The number of nitrogens with zero attached hydrogens (tertiary/aromatic N) is 5. The number of anilines is 1. The number of hydrogen-bond donors (Lipinski definition) is 0. The SMILES string of the molecule is Cc1cc(C)n(CCCN(C)C(=O)CN2C(=O)COc3cccnc32)n1. The van der Waals surface area contributed by atoms with Gasteiger partial charge < -0.3 is 9.64 Å². The van der Waals surface area contributed by atoms with Crippen molar-refractivity contribution in [2.45, 2.75) is 26.8 Å². The third-order valence-electron chi connectivity index (χ3n) is 4.34. The highest BCUT2D eigenvalue weighted by atomic mass is 16.5. The van der Waals surface area contributed by atoms with Gasteiger partial charge in [0.25, 0.3) is 5.91 Å². The zero-order chi connectivity index (χ0) is 18.7. The number of hydrogen-bond acceptors (Lipinski definition) is 5. The molecule has 1 aliphatic heterocycles. The second kappa shape index (κ2) is 7.55. The summed E-state index contributed by atoms with van der Waals surface area (Å²) in [4.78, 5) is 31.9. The fraction of sp³-hybridized carbons (Fsp3) is 0.444. The van der Waals surface area contributed by atoms with Crippen molar-refractivity contribution in [2.75, 3.05) is 31.6 Å². The van der Waals surface area contributed by atoms with Crippen LogP contribution >= 0.6 is 0 Å². The topological polar surface area (TPSA) is 80.6 Å². The lowest BCUT2D eigenvalue weighted by molar-refractivity contribution is -0.131. The Balaban J connectivity index is 1.56. The van der Waals surface area contributed by atoms with E-state index in [1.54, 1.807) is 30.3 Å². The van der Waals surface area contributed by atoms with Crippen LogP contribution in [0, 0.1) is 13.8 Å². The van der Waals surface area contributed by atoms with E-state index in [2.05, 4.69) is 10.1 Å². The normalized spacial score (nSPS) is 13.3. The molecule has 0 saturated heterocycles. The molecule has 0 saturated carbocycles. The van der Waals surface area contributed by atoms with Crippen molar-refractivity contribution in [3.8, 4) is 5.75 Å². The molecule has 138 valence electrons. The zero-order valence-corrected chi connectivity index (χ0v) is 15.3. The fourth-order valence-electron chi connectivity index (χ4n) is 2.94. The summed E-state index contributed by atoms with van der Waals surface area (Å²) < 4.78 is 7.29. The summed E-state index contributed by atoms with van der Waals surface area (Å²) in [6, 6.07) is 5.51. The minimum Gasteiger partial charge on any atom is -0.480 e. The average molecular weight is 357 g/mol. The molecular weight excluding hydrogens is 334 g/mol. The standard InChI is InChI=1S/C18H23N5O3/c1-13-10-14(2)23(20-13)9-5-8-21(3)16(24)11-22-17(25)12-26-15-6-4-7-19-18(15)22/h4,6-7,10H,5,8-9,11-12H2,1-3H3. The summed E-state index contributed by atoms with van der Waals surface area (Å²) in [6.45, 7) is 5.20. The quantitative estimate of drug-likeness (QED) is 0.775. The van der Waals surface area contributed by atoms with Gasteiger partial charge in [-0.3, -0.25) is 19.2 Å². The highest BCUT2D eigenvalue weighted by Gasteiger charge is 2.29. The first-order chi connectivity index (χ1) is 12.5. The first-order valence-electron chi connectivity index (χ1n) is 8.59. The van der Waals surface area contributed by atoms with Crippen LogP contribution < -0.4 is 9.64 Å². The number of aryl methyl sites for hydroxylation is 3. The maximum absolute atomic E-state index is 12.5. The maximum Gasteiger partial charge on any atom is 0.266 e. The van der Waals surface area contributed by atoms with Crippen LogP contribution in [0.15, 0.2) is 24.4 Å². The second-order valence-corrected chi connectivity index (χ2v) is 6.41. The number of carbonyl (C=O) groups is 2. The van der Waals surface area contributed by atoms with E-state index in [0.29, 0.717) is 18.1 Å². The second-order valence-electron chi connectivity index (χ2n) is 6.41. The molecule has 0 N–H and O–H groups in total. The van der Waals surface area contributed by atoms with Crippen LogP contribution in [0.1, 0.15) is 17.8 Å². The smallest absolute Gasteiger partial charge is 0.266 e. The Morgan fingerprint density at radius 3 is 2.92 bits per heavy atom. The number of ether oxygens (including phenoxy) is 1. The predicted molar refractivity (Wildman–Crippen MR) is 96.0 cm³/mol. The van der Waals surface area contributed by atoms with Crippen LogP contribution in [0.25, 0.3) is 0 Å². The molecule has 0 aromatic carbocycles. The summed E-state index contributed by atoms with van der Waals surface area (Å²) in [7, 11) is 1.74. The van der Waals surface area contributed by atoms with Gasteiger partial charge in [0, 0.05) is 32.0 Å². The van der Waals surface area contributed by atoms with Crippen molar-refractivity contribution in [1.29, 1.82) is 0 Å². The van der Waals surface area contributed by atoms with Gasteiger partial charge in [0.05, 0.1) is 5.69 Å². The molecule has 8 heteroatoms. The Kier molecular flexibility index (Phi) is 5.20. The van der Waals surface area contributed by atoms with E-state index in [9.17, 15) is 9.59 Å². The van der Waals surface area contributed by atoms with Gasteiger partial charge in [-0.2, -0.15) is 5.10 Å². The van der Waals surface area contributed by atoms with Crippen molar-refractivity contribution < 1.29 is 14.3 Å². The number of carbonyl (C=O) groups excluding carboxylic acids is 2. The maximum atomic E-state index is 12.5. The fourth-order valence-corrected chi connectivity index (χ4v) is 2.94. The molecule has 3 heterocycles. The predicted octanol–water partition coefficient (Wildman–Crippen LogP) is 1.17. The van der Waals surface area contributed by atoms with Gasteiger partial charge in [-0.05, 0) is 38.5 Å². The lowest BCUT2D eigenvalue weighted by Gasteiger charge is -2.29. The van der Waals surface area contributed by atoms with Gasteiger partial charge >= 0.3 is 0 Å². The number of aromatic nitrogens is 3. The highest BCUT2D eigenvalue weighted by Crippen LogP contribution is 2.28. The summed E-state index contributed by atoms with van der Waals surface area (Å²) in [5, 5.41) is 4.42. The van der Waals surface area contributed by atoms with Crippen LogP contribution in [0.5, 0.6) is 5.75 Å². The lowest BCUT2D eigenvalue weighted by Crippen LogP contribution is -2.46. The van der Waals surface area contributed by atoms with Crippen LogP contribution in [-0.2, 0) is 16.1 Å². The van der Waals surface area contributed by atoms with Gasteiger partial charge in [-0.25, -0.2) is 4.98 Å². The first-order valence-corrected chi connectivity index (χ1v) is 8.59. The van der Waals surface area contributed by atoms with E-state index < -0.39 is 0 Å². The molecule has 2 aromatic rings. The van der Waals surface area contributed by atoms with Crippen molar-refractivity contribution >= 4 is 17.6 Å². The molecule has 26 heavy (non-hydrogen) atoms. The Hall–Kier alpha value is -2.90. The van der Waals surface area contributed by atoms with Crippen LogP contribution in [-0.4, -0.2) is 58.2 Å². The summed E-state index contributed by atoms with van der Waals surface area (Å²) in [6.07, 6.45) is 2.37. The molecule has 0 unspecified atom stereocenters. The minimum absolute atomic E-state index is 0.0391. The highest BCUT2D eigenvalue weighted by molar-refractivity contribution is 6.01. The molecule has 0 bridgehead atoms. The van der Waals surface area contributed by atoms with Crippen LogP contribution in [0.4, 0.5) is 5.82 Å². The van der Waals surface area contributed by atoms with E-state index in [4.69, 9.17) is 4.74 Å². The monoisotopic (exact) mass is 357 g/mol. The minimum atomic E-state index is -0.263. The molecule has 8 nitrogen and oxygen atoms in total. The van der Waals surface area contributed by atoms with Crippen LogP contribution in [0.2, 0.25) is 0 Å². The molecule has 2 aromatic heterocycles. The largest absolute Gasteiger partial charge is 0.480 e. The van der Waals surface area contributed by atoms with E-state index in [1.807, 2.05) is 24.6 Å². The van der Waals surface area contributed by atoms with E-state index in [0.717, 1.165) is 24.4 Å². The Morgan fingerprint density at radius 1 is 1.38 bits per heavy atom. The summed E-state index contributed by atoms with van der Waals surface area (Å²) in [5.41, 5.74) is 2.10. The Labute approximate surface area is 152 Å². The molecule has 3 rings (SSSR count). The van der Waals surface area contributed by atoms with E-state index in [1.165, 1.54) is 4.90 Å². The van der Waals surface area contributed by atoms with Gasteiger partial charge in [-0.15, -0.1) is 0 Å². The molecule has 0 fully saturated rings. The summed E-state index contributed by atoms with van der Waals surface area (Å²) >= 11 is 0. The van der Waals surface area contributed by atoms with Crippen LogP contribution in [0.3, 0.4) is 0 Å². The molecular formula is C18H23N5O3. The molecule has 1 aliphatic rings. The number of fused-ring (bicyclic) bond motifs is 1. The number of likely N-dealkylation sites (N-methyl/N-ethyl adjacent to an activating group) is 1. The molecule has 0 aliphatic carbocycles. The molecule has 0 atom stereocenters. The first kappa shape index (κ1) is 17.9. The number of rotatable bonds is 6. The third kappa shape index (κ3) is 3.84. The average Bonchev–Trinajstić information content (AvgIpc) is 2.94. The van der Waals surface area contributed by atoms with Gasteiger partial charge in [0.15, 0.2) is 18.2 Å². The van der Waals surface area contributed by atoms with E-state index in [-0.39, 0.29) is 25.0 Å². The van der Waals surface area contributed by atoms with Crippen molar-refractivity contribution in [3.05, 3.63) is 35.8 Å². The molecule has 0 radical (unpaired) electrons. The Bertz CT molecular complexity index is 817. The zero-order valence-electron chi connectivity index (χ0n) is 15.3.